The van der Waals surface area contributed by atoms with Gasteiger partial charge in [-0.3, -0.25) is 0 Å². The zero-order valence-electron chi connectivity index (χ0n) is 9.58. The van der Waals surface area contributed by atoms with Crippen LogP contribution in [0.3, 0.4) is 0 Å². The molecule has 0 aromatic heterocycles. The second-order valence-corrected chi connectivity index (χ2v) is 11.6. The molecule has 0 unspecified atom stereocenters. The number of terminal acetylenes is 1. The molecule has 0 rings (SSSR count). The molecule has 0 atom stereocenters. The molecule has 0 saturated heterocycles. The molecule has 0 spiro atoms. The van der Waals surface area contributed by atoms with Crippen molar-refractivity contribution >= 4 is 8.07 Å². The molecule has 1 heteroatoms. The fraction of sp³-hybridized carbons (Fsp3) is 0.818. The standard InChI is InChI=1S/C11H22Si/c1-9-11(5,6)12(7,8)10(2,3)4/h1H,2-8H3. The van der Waals surface area contributed by atoms with Crippen LogP contribution in [0.5, 0.6) is 0 Å². The van der Waals surface area contributed by atoms with Crippen molar-refractivity contribution in [2.75, 3.05) is 0 Å². The van der Waals surface area contributed by atoms with Crippen molar-refractivity contribution in [2.24, 2.45) is 0 Å². The topological polar surface area (TPSA) is 0 Å². The molecule has 0 fully saturated rings. The van der Waals surface area contributed by atoms with Gasteiger partial charge in [-0.15, -0.1) is 12.3 Å². The highest BCUT2D eigenvalue weighted by Gasteiger charge is 2.46. The lowest BCUT2D eigenvalue weighted by molar-refractivity contribution is 0.664. The third kappa shape index (κ3) is 1.74. The monoisotopic (exact) mass is 182 g/mol. The Morgan fingerprint density at radius 3 is 1.42 bits per heavy atom. The van der Waals surface area contributed by atoms with Gasteiger partial charge in [0.2, 0.25) is 0 Å². The Morgan fingerprint density at radius 2 is 1.33 bits per heavy atom. The Balaban J connectivity index is 5.02. The molecular formula is C11H22Si. The second-order valence-electron chi connectivity index (χ2n) is 5.64. The maximum absolute atomic E-state index is 5.57. The molecule has 0 aliphatic carbocycles. The molecule has 0 amide bonds. The van der Waals surface area contributed by atoms with E-state index in [0.29, 0.717) is 5.04 Å². The molecule has 0 radical (unpaired) electrons. The van der Waals surface area contributed by atoms with Crippen LogP contribution in [0.4, 0.5) is 0 Å². The molecule has 12 heavy (non-hydrogen) atoms. The van der Waals surface area contributed by atoms with Crippen LogP contribution >= 0.6 is 0 Å². The van der Waals surface area contributed by atoms with Gasteiger partial charge in [-0.2, -0.15) is 0 Å². The highest BCUT2D eigenvalue weighted by Crippen LogP contribution is 2.50. The SMILES string of the molecule is C#CC(C)(C)[Si](C)(C)C(C)(C)C. The van der Waals surface area contributed by atoms with Crippen LogP contribution in [0.15, 0.2) is 0 Å². The van der Waals surface area contributed by atoms with Crippen molar-refractivity contribution < 1.29 is 0 Å². The zero-order chi connectivity index (χ0) is 10.2. The molecule has 70 valence electrons. The second kappa shape index (κ2) is 2.92. The van der Waals surface area contributed by atoms with Gasteiger partial charge in [-0.25, -0.2) is 0 Å². The van der Waals surface area contributed by atoms with Crippen molar-refractivity contribution in [3.63, 3.8) is 0 Å². The van der Waals surface area contributed by atoms with E-state index in [1.54, 1.807) is 0 Å². The molecular weight excluding hydrogens is 160 g/mol. The summed E-state index contributed by atoms with van der Waals surface area (Å²) in [5, 5.41) is 0.466. The maximum Gasteiger partial charge on any atom is 0.0727 e. The summed E-state index contributed by atoms with van der Waals surface area (Å²) in [4.78, 5) is 0. The number of rotatable bonds is 1. The summed E-state index contributed by atoms with van der Waals surface area (Å²) in [5.41, 5.74) is 0. The average Bonchev–Trinajstić information content (AvgIpc) is 1.85. The smallest absolute Gasteiger partial charge is 0.0727 e. The van der Waals surface area contributed by atoms with Gasteiger partial charge in [0.15, 0.2) is 0 Å². The van der Waals surface area contributed by atoms with E-state index in [2.05, 4.69) is 53.6 Å². The van der Waals surface area contributed by atoms with E-state index in [9.17, 15) is 0 Å². The van der Waals surface area contributed by atoms with Crippen molar-refractivity contribution in [3.05, 3.63) is 0 Å². The van der Waals surface area contributed by atoms with Gasteiger partial charge < -0.3 is 0 Å². The van der Waals surface area contributed by atoms with Crippen LogP contribution in [-0.2, 0) is 0 Å². The fourth-order valence-corrected chi connectivity index (χ4v) is 3.35. The van der Waals surface area contributed by atoms with E-state index >= 15 is 0 Å². The minimum atomic E-state index is -1.37. The van der Waals surface area contributed by atoms with Crippen molar-refractivity contribution in [3.8, 4) is 12.3 Å². The summed E-state index contributed by atoms with van der Waals surface area (Å²) < 4.78 is 0. The zero-order valence-corrected chi connectivity index (χ0v) is 10.6. The van der Waals surface area contributed by atoms with Crippen LogP contribution in [-0.4, -0.2) is 8.07 Å². The van der Waals surface area contributed by atoms with E-state index in [-0.39, 0.29) is 5.04 Å². The summed E-state index contributed by atoms with van der Waals surface area (Å²) >= 11 is 0. The quantitative estimate of drug-likeness (QED) is 0.426. The van der Waals surface area contributed by atoms with E-state index in [1.165, 1.54) is 0 Å². The van der Waals surface area contributed by atoms with Gasteiger partial charge in [0, 0.05) is 5.04 Å². The van der Waals surface area contributed by atoms with E-state index in [1.807, 2.05) is 0 Å². The van der Waals surface area contributed by atoms with Crippen LogP contribution in [0, 0.1) is 12.3 Å². The Labute approximate surface area is 78.8 Å². The normalized spacial score (nSPS) is 14.2. The Hall–Kier alpha value is -0.223. The largest absolute Gasteiger partial charge is 0.120 e. The summed E-state index contributed by atoms with van der Waals surface area (Å²) in [5.74, 6) is 2.95. The average molecular weight is 182 g/mol. The van der Waals surface area contributed by atoms with Crippen molar-refractivity contribution in [1.29, 1.82) is 0 Å². The Bertz CT molecular complexity index is 198. The Kier molecular flexibility index (Phi) is 2.87. The highest BCUT2D eigenvalue weighted by atomic mass is 28.3. The van der Waals surface area contributed by atoms with Gasteiger partial charge in [0.1, 0.15) is 0 Å². The summed E-state index contributed by atoms with van der Waals surface area (Å²) in [6.07, 6.45) is 5.57. The van der Waals surface area contributed by atoms with E-state index in [4.69, 9.17) is 6.42 Å². The lowest BCUT2D eigenvalue weighted by Gasteiger charge is -2.46. The first-order chi connectivity index (χ1) is 5.06. The van der Waals surface area contributed by atoms with Gasteiger partial charge in [-0.1, -0.05) is 47.7 Å². The lowest BCUT2D eigenvalue weighted by Crippen LogP contribution is -2.46. The highest BCUT2D eigenvalue weighted by molar-refractivity contribution is 6.83. The van der Waals surface area contributed by atoms with Gasteiger partial charge >= 0.3 is 0 Å². The minimum Gasteiger partial charge on any atom is -0.120 e. The number of hydrogen-bond acceptors (Lipinski definition) is 0. The first-order valence-corrected chi connectivity index (χ1v) is 7.54. The Morgan fingerprint density at radius 1 is 1.00 bits per heavy atom. The summed E-state index contributed by atoms with van der Waals surface area (Å²) in [6.45, 7) is 16.1. The third-order valence-electron chi connectivity index (χ3n) is 3.80. The number of hydrogen-bond donors (Lipinski definition) is 0. The molecule has 0 heterocycles. The lowest BCUT2D eigenvalue weighted by atomic mass is 10.2. The first kappa shape index (κ1) is 11.8. The molecule has 0 aromatic rings. The first-order valence-electron chi connectivity index (χ1n) is 4.54. The summed E-state index contributed by atoms with van der Waals surface area (Å²) in [6, 6.07) is 0. The van der Waals surface area contributed by atoms with Crippen LogP contribution < -0.4 is 0 Å². The molecule has 0 aromatic carbocycles. The fourth-order valence-electron chi connectivity index (χ4n) is 1.12. The third-order valence-corrected chi connectivity index (χ3v) is 10.8. The predicted molar refractivity (Wildman–Crippen MR) is 60.1 cm³/mol. The summed E-state index contributed by atoms with van der Waals surface area (Å²) in [7, 11) is -1.37. The van der Waals surface area contributed by atoms with Crippen molar-refractivity contribution in [1.82, 2.24) is 0 Å². The minimum absolute atomic E-state index is 0.0885. The molecule has 0 N–H and O–H groups in total. The predicted octanol–water partition coefficient (Wildman–Crippen LogP) is 3.91. The van der Waals surface area contributed by atoms with Gasteiger partial charge in [-0.05, 0) is 5.04 Å². The van der Waals surface area contributed by atoms with Gasteiger partial charge in [0.05, 0.1) is 8.07 Å². The maximum atomic E-state index is 5.57. The molecule has 0 saturated carbocycles. The van der Waals surface area contributed by atoms with Crippen molar-refractivity contribution in [2.45, 2.75) is 57.8 Å². The molecule has 0 bridgehead atoms. The molecule has 0 aliphatic heterocycles. The molecule has 0 nitrogen and oxygen atoms in total. The van der Waals surface area contributed by atoms with E-state index < -0.39 is 8.07 Å². The van der Waals surface area contributed by atoms with E-state index in [0.717, 1.165) is 0 Å². The molecule has 0 aliphatic rings. The van der Waals surface area contributed by atoms with Gasteiger partial charge in [0.25, 0.3) is 0 Å². The van der Waals surface area contributed by atoms with Crippen LogP contribution in [0.1, 0.15) is 34.6 Å². The van der Waals surface area contributed by atoms with Crippen LogP contribution in [0.25, 0.3) is 0 Å². The van der Waals surface area contributed by atoms with Crippen LogP contribution in [0.2, 0.25) is 23.2 Å².